The summed E-state index contributed by atoms with van der Waals surface area (Å²) in [6.07, 6.45) is 0. The van der Waals surface area contributed by atoms with E-state index in [0.717, 1.165) is 19.7 Å². The molecule has 0 aromatic rings. The largest absolute Gasteiger partial charge is 0.395 e. The zero-order valence-corrected chi connectivity index (χ0v) is 8.21. The highest BCUT2D eigenvalue weighted by molar-refractivity contribution is 4.66. The van der Waals surface area contributed by atoms with Gasteiger partial charge >= 0.3 is 0 Å². The molecule has 0 fully saturated rings. The molecule has 0 spiro atoms. The van der Waals surface area contributed by atoms with Crippen LogP contribution in [0.15, 0.2) is 0 Å². The Morgan fingerprint density at radius 2 is 2.25 bits per heavy atom. The van der Waals surface area contributed by atoms with Gasteiger partial charge in [-0.3, -0.25) is 0 Å². The molecule has 0 rings (SSSR count). The van der Waals surface area contributed by atoms with E-state index >= 15 is 0 Å². The number of hydrogen-bond acceptors (Lipinski definition) is 4. The normalized spacial score (nSPS) is 13.8. The van der Waals surface area contributed by atoms with Crippen molar-refractivity contribution in [3.63, 3.8) is 0 Å². The predicted octanol–water partition coefficient (Wildman–Crippen LogP) is -0.855. The third-order valence-electron chi connectivity index (χ3n) is 1.84. The maximum Gasteiger partial charge on any atom is 0.0597 e. The zero-order valence-electron chi connectivity index (χ0n) is 8.21. The van der Waals surface area contributed by atoms with Crippen LogP contribution in [0.4, 0.5) is 0 Å². The van der Waals surface area contributed by atoms with E-state index in [0.29, 0.717) is 0 Å². The number of aliphatic hydroxyl groups excluding tert-OH is 1. The Bertz CT molecular complexity index is 97.1. The summed E-state index contributed by atoms with van der Waals surface area (Å²) in [4.78, 5) is 2.13. The Morgan fingerprint density at radius 3 is 2.67 bits per heavy atom. The van der Waals surface area contributed by atoms with Gasteiger partial charge in [-0.15, -0.1) is 0 Å². The van der Waals surface area contributed by atoms with Crippen LogP contribution < -0.4 is 5.32 Å². The van der Waals surface area contributed by atoms with Crippen molar-refractivity contribution in [3.05, 3.63) is 0 Å². The van der Waals surface area contributed by atoms with E-state index in [1.165, 1.54) is 0 Å². The highest BCUT2D eigenvalue weighted by atomic mass is 16.5. The molecule has 0 aromatic carbocycles. The van der Waals surface area contributed by atoms with Crippen LogP contribution >= 0.6 is 0 Å². The number of ether oxygens (including phenoxy) is 1. The van der Waals surface area contributed by atoms with Crippen molar-refractivity contribution in [2.75, 3.05) is 47.5 Å². The summed E-state index contributed by atoms with van der Waals surface area (Å²) < 4.78 is 4.94. The molecular weight excluding hydrogens is 156 g/mol. The highest BCUT2D eigenvalue weighted by Crippen LogP contribution is 1.87. The van der Waals surface area contributed by atoms with Crippen molar-refractivity contribution < 1.29 is 9.84 Å². The number of aliphatic hydroxyl groups is 1. The summed E-state index contributed by atoms with van der Waals surface area (Å²) in [5.41, 5.74) is 0. The second-order valence-corrected chi connectivity index (χ2v) is 2.92. The molecule has 0 bridgehead atoms. The molecule has 2 N–H and O–H groups in total. The Kier molecular flexibility index (Phi) is 7.39. The van der Waals surface area contributed by atoms with Gasteiger partial charge in [0.05, 0.1) is 13.2 Å². The molecule has 4 nitrogen and oxygen atoms in total. The van der Waals surface area contributed by atoms with Crippen molar-refractivity contribution in [2.24, 2.45) is 0 Å². The number of nitrogens with zero attached hydrogens (tertiary/aromatic N) is 1. The number of rotatable bonds is 7. The molecule has 74 valence electrons. The second-order valence-electron chi connectivity index (χ2n) is 2.92. The maximum absolute atomic E-state index is 8.88. The standard InChI is InChI=1S/C8H20N2O2/c1-9-8(7-11)6-10(2)4-5-12-3/h8-9,11H,4-7H2,1-3H3. The first kappa shape index (κ1) is 11.8. The van der Waals surface area contributed by atoms with E-state index in [1.54, 1.807) is 7.11 Å². The van der Waals surface area contributed by atoms with Gasteiger partial charge in [-0.25, -0.2) is 0 Å². The monoisotopic (exact) mass is 176 g/mol. The molecule has 0 radical (unpaired) electrons. The van der Waals surface area contributed by atoms with E-state index in [2.05, 4.69) is 10.2 Å². The molecule has 0 aliphatic rings. The molecule has 0 aliphatic carbocycles. The fraction of sp³-hybridized carbons (Fsp3) is 1.00. The first-order chi connectivity index (χ1) is 5.74. The molecule has 4 heteroatoms. The van der Waals surface area contributed by atoms with E-state index in [4.69, 9.17) is 9.84 Å². The van der Waals surface area contributed by atoms with Gasteiger partial charge < -0.3 is 20.1 Å². The van der Waals surface area contributed by atoms with Gasteiger partial charge in [0.1, 0.15) is 0 Å². The topological polar surface area (TPSA) is 44.7 Å². The summed E-state index contributed by atoms with van der Waals surface area (Å²) in [7, 11) is 5.56. The minimum absolute atomic E-state index is 0.159. The van der Waals surface area contributed by atoms with Crippen LogP contribution in [0.3, 0.4) is 0 Å². The summed E-state index contributed by atoms with van der Waals surface area (Å²) in [6, 6.07) is 0.159. The lowest BCUT2D eigenvalue weighted by Crippen LogP contribution is -2.41. The Hall–Kier alpha value is -0.160. The van der Waals surface area contributed by atoms with E-state index in [9.17, 15) is 0 Å². The van der Waals surface area contributed by atoms with Crippen molar-refractivity contribution in [1.29, 1.82) is 0 Å². The molecule has 0 amide bonds. The van der Waals surface area contributed by atoms with Crippen LogP contribution in [0.25, 0.3) is 0 Å². The smallest absolute Gasteiger partial charge is 0.0597 e. The van der Waals surface area contributed by atoms with Crippen molar-refractivity contribution >= 4 is 0 Å². The number of likely N-dealkylation sites (N-methyl/N-ethyl adjacent to an activating group) is 2. The molecule has 1 atom stereocenters. The van der Waals surface area contributed by atoms with Crippen molar-refractivity contribution in [2.45, 2.75) is 6.04 Å². The molecule has 0 heterocycles. The fourth-order valence-electron chi connectivity index (χ4n) is 0.955. The third-order valence-corrected chi connectivity index (χ3v) is 1.84. The Balaban J connectivity index is 3.44. The van der Waals surface area contributed by atoms with E-state index < -0.39 is 0 Å². The van der Waals surface area contributed by atoms with Crippen LogP contribution in [-0.2, 0) is 4.74 Å². The van der Waals surface area contributed by atoms with Crippen LogP contribution in [0, 0.1) is 0 Å². The lowest BCUT2D eigenvalue weighted by Gasteiger charge is -2.21. The summed E-state index contributed by atoms with van der Waals surface area (Å²) in [6.45, 7) is 2.65. The van der Waals surface area contributed by atoms with Crippen molar-refractivity contribution in [3.8, 4) is 0 Å². The fourth-order valence-corrected chi connectivity index (χ4v) is 0.955. The van der Waals surface area contributed by atoms with Crippen molar-refractivity contribution in [1.82, 2.24) is 10.2 Å². The van der Waals surface area contributed by atoms with Gasteiger partial charge in [0.2, 0.25) is 0 Å². The molecule has 0 saturated heterocycles. The molecule has 0 saturated carbocycles. The molecular formula is C8H20N2O2. The van der Waals surface area contributed by atoms with Crippen LogP contribution in [0.2, 0.25) is 0 Å². The zero-order chi connectivity index (χ0) is 9.40. The van der Waals surface area contributed by atoms with Gasteiger partial charge in [-0.1, -0.05) is 0 Å². The minimum atomic E-state index is 0.159. The van der Waals surface area contributed by atoms with E-state index in [1.807, 2.05) is 14.1 Å². The van der Waals surface area contributed by atoms with Crippen LogP contribution in [0.1, 0.15) is 0 Å². The summed E-state index contributed by atoms with van der Waals surface area (Å²) >= 11 is 0. The lowest BCUT2D eigenvalue weighted by atomic mass is 10.3. The van der Waals surface area contributed by atoms with Gasteiger partial charge in [-0.2, -0.15) is 0 Å². The average molecular weight is 176 g/mol. The molecule has 12 heavy (non-hydrogen) atoms. The van der Waals surface area contributed by atoms with Gasteiger partial charge in [0.25, 0.3) is 0 Å². The third kappa shape index (κ3) is 5.49. The minimum Gasteiger partial charge on any atom is -0.395 e. The SMILES string of the molecule is CNC(CO)CN(C)CCOC. The van der Waals surface area contributed by atoms with Gasteiger partial charge in [0.15, 0.2) is 0 Å². The van der Waals surface area contributed by atoms with Crippen LogP contribution in [-0.4, -0.2) is 63.6 Å². The second kappa shape index (κ2) is 7.49. The predicted molar refractivity (Wildman–Crippen MR) is 49.3 cm³/mol. The molecule has 0 aliphatic heterocycles. The molecule has 1 unspecified atom stereocenters. The first-order valence-corrected chi connectivity index (χ1v) is 4.20. The average Bonchev–Trinajstić information content (AvgIpc) is 2.10. The highest BCUT2D eigenvalue weighted by Gasteiger charge is 2.06. The van der Waals surface area contributed by atoms with Gasteiger partial charge in [-0.05, 0) is 14.1 Å². The first-order valence-electron chi connectivity index (χ1n) is 4.20. The Morgan fingerprint density at radius 1 is 1.58 bits per heavy atom. The van der Waals surface area contributed by atoms with E-state index in [-0.39, 0.29) is 12.6 Å². The Labute approximate surface area is 74.5 Å². The summed E-state index contributed by atoms with van der Waals surface area (Å²) in [5.74, 6) is 0. The van der Waals surface area contributed by atoms with Crippen LogP contribution in [0.5, 0.6) is 0 Å². The number of nitrogens with one attached hydrogen (secondary N) is 1. The quantitative estimate of drug-likeness (QED) is 0.530. The summed E-state index contributed by atoms with van der Waals surface area (Å²) in [5, 5.41) is 11.9. The van der Waals surface area contributed by atoms with Gasteiger partial charge in [0, 0.05) is 26.2 Å². The maximum atomic E-state index is 8.88. The number of hydrogen-bond donors (Lipinski definition) is 2. The number of methoxy groups -OCH3 is 1. The lowest BCUT2D eigenvalue weighted by molar-refractivity contribution is 0.145. The molecule has 0 aromatic heterocycles.